The molecule has 0 radical (unpaired) electrons. The lowest BCUT2D eigenvalue weighted by molar-refractivity contribution is -0.357. The Balaban J connectivity index is 2.09. The number of hydrogen-bond donors (Lipinski definition) is 3. The quantitative estimate of drug-likeness (QED) is 0.562. The molecular weight excluding hydrogens is 218 g/mol. The summed E-state index contributed by atoms with van der Waals surface area (Å²) in [7, 11) is 0. The van der Waals surface area contributed by atoms with E-state index in [4.69, 9.17) is 11.5 Å². The Hall–Kier alpha value is -1.68. The van der Waals surface area contributed by atoms with Gasteiger partial charge in [-0.1, -0.05) is 0 Å². The summed E-state index contributed by atoms with van der Waals surface area (Å²) in [6, 6.07) is 5.91. The standard InChI is InChI=1S/C12H11N3S/c13-7-1-3-9-11(5-7)16-12-6-8(14)2-4-10(12)15-9/h1-6,11H,13-14H2/p+1. The zero-order valence-electron chi connectivity index (χ0n) is 8.60. The van der Waals surface area contributed by atoms with Crippen LogP contribution in [0.3, 0.4) is 0 Å². The smallest absolute Gasteiger partial charge is 0.217 e. The van der Waals surface area contributed by atoms with Crippen molar-refractivity contribution in [1.29, 1.82) is 0 Å². The van der Waals surface area contributed by atoms with Crippen molar-refractivity contribution >= 4 is 28.8 Å². The van der Waals surface area contributed by atoms with Gasteiger partial charge in [-0.25, -0.2) is 4.99 Å². The van der Waals surface area contributed by atoms with E-state index in [2.05, 4.69) is 11.1 Å². The van der Waals surface area contributed by atoms with Crippen LogP contribution in [0, 0.1) is 0 Å². The van der Waals surface area contributed by atoms with Gasteiger partial charge in [-0.2, -0.15) is 0 Å². The molecule has 1 atom stereocenters. The second kappa shape index (κ2) is 3.42. The summed E-state index contributed by atoms with van der Waals surface area (Å²) in [5.41, 5.74) is 15.5. The zero-order valence-corrected chi connectivity index (χ0v) is 9.42. The molecule has 16 heavy (non-hydrogen) atoms. The first-order chi connectivity index (χ1) is 7.72. The van der Waals surface area contributed by atoms with Gasteiger partial charge in [0.25, 0.3) is 0 Å². The van der Waals surface area contributed by atoms with Gasteiger partial charge in [0.2, 0.25) is 5.69 Å². The molecule has 1 aromatic carbocycles. The van der Waals surface area contributed by atoms with Crippen LogP contribution < -0.4 is 16.5 Å². The van der Waals surface area contributed by atoms with Crippen molar-refractivity contribution in [3.63, 3.8) is 0 Å². The molecule has 5 N–H and O–H groups in total. The number of anilines is 1. The first kappa shape index (κ1) is 9.54. The fraction of sp³-hybridized carbons (Fsp3) is 0.0833. The van der Waals surface area contributed by atoms with Crippen molar-refractivity contribution in [2.24, 2.45) is 5.73 Å². The molecule has 1 aromatic rings. The molecule has 3 nitrogen and oxygen atoms in total. The van der Waals surface area contributed by atoms with Gasteiger partial charge in [0, 0.05) is 23.5 Å². The molecule has 0 spiro atoms. The molecule has 1 unspecified atom stereocenters. The number of hydrogen-bond acceptors (Lipinski definition) is 3. The minimum absolute atomic E-state index is 0.277. The predicted molar refractivity (Wildman–Crippen MR) is 67.5 cm³/mol. The van der Waals surface area contributed by atoms with Crippen molar-refractivity contribution in [1.82, 2.24) is 0 Å². The van der Waals surface area contributed by atoms with Crippen molar-refractivity contribution in [3.05, 3.63) is 42.1 Å². The minimum atomic E-state index is 0.277. The second-order valence-corrected chi connectivity index (χ2v) is 5.06. The summed E-state index contributed by atoms with van der Waals surface area (Å²) >= 11 is 1.77. The number of nitrogens with one attached hydrogen (secondary N) is 1. The lowest BCUT2D eigenvalue weighted by Gasteiger charge is -2.18. The summed E-state index contributed by atoms with van der Waals surface area (Å²) in [5, 5.41) is 0.277. The second-order valence-electron chi connectivity index (χ2n) is 3.87. The molecule has 80 valence electrons. The highest BCUT2D eigenvalue weighted by atomic mass is 32.2. The van der Waals surface area contributed by atoms with Crippen molar-refractivity contribution in [2.45, 2.75) is 10.1 Å². The van der Waals surface area contributed by atoms with E-state index < -0.39 is 0 Å². The molecule has 1 aliphatic heterocycles. The number of thioether (sulfide) groups is 1. The van der Waals surface area contributed by atoms with Gasteiger partial charge in [0.15, 0.2) is 5.71 Å². The van der Waals surface area contributed by atoms with Gasteiger partial charge < -0.3 is 11.5 Å². The molecule has 0 aromatic heterocycles. The molecule has 3 rings (SSSR count). The third kappa shape index (κ3) is 1.51. The number of benzene rings is 1. The molecule has 0 fully saturated rings. The summed E-state index contributed by atoms with van der Waals surface area (Å²) in [6.07, 6.45) is 6.01. The summed E-state index contributed by atoms with van der Waals surface area (Å²) in [5.74, 6) is 0. The molecule has 0 bridgehead atoms. The Morgan fingerprint density at radius 1 is 1.19 bits per heavy atom. The third-order valence-electron chi connectivity index (χ3n) is 2.64. The number of nitrogens with two attached hydrogens (primary N) is 2. The molecule has 0 saturated heterocycles. The van der Waals surface area contributed by atoms with Gasteiger partial charge in [-0.3, -0.25) is 0 Å². The lowest BCUT2D eigenvalue weighted by Crippen LogP contribution is -2.70. The Morgan fingerprint density at radius 3 is 2.94 bits per heavy atom. The van der Waals surface area contributed by atoms with Crippen LogP contribution in [0.5, 0.6) is 0 Å². The predicted octanol–water partition coefficient (Wildman–Crippen LogP) is 0.309. The largest absolute Gasteiger partial charge is 0.399 e. The average molecular weight is 230 g/mol. The van der Waals surface area contributed by atoms with Gasteiger partial charge in [-0.05, 0) is 24.3 Å². The van der Waals surface area contributed by atoms with Crippen LogP contribution in [0.15, 0.2) is 47.0 Å². The van der Waals surface area contributed by atoms with E-state index in [1.54, 1.807) is 11.8 Å². The fourth-order valence-corrected chi connectivity index (χ4v) is 3.06. The summed E-state index contributed by atoms with van der Waals surface area (Å²) in [6.45, 7) is 0. The van der Waals surface area contributed by atoms with Gasteiger partial charge in [0.1, 0.15) is 5.25 Å². The topological polar surface area (TPSA) is 66.0 Å². The monoisotopic (exact) mass is 230 g/mol. The molecule has 4 heteroatoms. The SMILES string of the molecule is NC1=CC2Sc3cc(N)ccc3[NH+]=C2C=C1. The van der Waals surface area contributed by atoms with Gasteiger partial charge in [0.05, 0.1) is 4.90 Å². The van der Waals surface area contributed by atoms with Crippen LogP contribution >= 0.6 is 11.8 Å². The van der Waals surface area contributed by atoms with E-state index in [-0.39, 0.29) is 5.25 Å². The Kier molecular flexibility index (Phi) is 2.04. The van der Waals surface area contributed by atoms with Crippen molar-refractivity contribution in [3.8, 4) is 0 Å². The fourth-order valence-electron chi connectivity index (χ4n) is 1.84. The maximum atomic E-state index is 5.79. The molecule has 0 saturated carbocycles. The maximum absolute atomic E-state index is 5.79. The summed E-state index contributed by atoms with van der Waals surface area (Å²) in [4.78, 5) is 4.57. The number of fused-ring (bicyclic) bond motifs is 2. The Labute approximate surface area is 97.9 Å². The molecule has 1 aliphatic carbocycles. The van der Waals surface area contributed by atoms with E-state index in [1.807, 2.05) is 30.4 Å². The first-order valence-electron chi connectivity index (χ1n) is 5.08. The molecule has 1 heterocycles. The van der Waals surface area contributed by atoms with Crippen LogP contribution in [0.25, 0.3) is 0 Å². The number of allylic oxidation sites excluding steroid dienone is 2. The van der Waals surface area contributed by atoms with Crippen LogP contribution in [-0.4, -0.2) is 11.0 Å². The highest BCUT2D eigenvalue weighted by Crippen LogP contribution is 2.34. The van der Waals surface area contributed by atoms with Gasteiger partial charge >= 0.3 is 0 Å². The maximum Gasteiger partial charge on any atom is 0.217 e. The Morgan fingerprint density at radius 2 is 2.06 bits per heavy atom. The normalized spacial score (nSPS) is 21.9. The molecule has 0 amide bonds. The van der Waals surface area contributed by atoms with Gasteiger partial charge in [-0.15, -0.1) is 11.8 Å². The van der Waals surface area contributed by atoms with Crippen LogP contribution in [-0.2, 0) is 0 Å². The number of nitrogen functional groups attached to an aromatic ring is 1. The van der Waals surface area contributed by atoms with Crippen LogP contribution in [0.2, 0.25) is 0 Å². The highest BCUT2D eigenvalue weighted by molar-refractivity contribution is 8.01. The molecular formula is C12H12N3S+. The zero-order chi connectivity index (χ0) is 11.1. The van der Waals surface area contributed by atoms with Crippen molar-refractivity contribution < 1.29 is 4.99 Å². The Bertz CT molecular complexity index is 543. The third-order valence-corrected chi connectivity index (χ3v) is 3.88. The number of rotatable bonds is 0. The highest BCUT2D eigenvalue weighted by Gasteiger charge is 2.28. The minimum Gasteiger partial charge on any atom is -0.399 e. The van der Waals surface area contributed by atoms with Crippen molar-refractivity contribution in [2.75, 3.05) is 5.73 Å². The van der Waals surface area contributed by atoms with E-state index in [9.17, 15) is 0 Å². The lowest BCUT2D eigenvalue weighted by atomic mass is 10.1. The average Bonchev–Trinajstić information content (AvgIpc) is 2.26. The van der Waals surface area contributed by atoms with Crippen LogP contribution in [0.1, 0.15) is 0 Å². The molecule has 2 aliphatic rings. The van der Waals surface area contributed by atoms with Crippen LogP contribution in [0.4, 0.5) is 11.4 Å². The van der Waals surface area contributed by atoms with E-state index in [1.165, 1.54) is 10.6 Å². The van der Waals surface area contributed by atoms with E-state index >= 15 is 0 Å². The van der Waals surface area contributed by atoms with E-state index in [0.717, 1.165) is 17.1 Å². The summed E-state index contributed by atoms with van der Waals surface area (Å²) < 4.78 is 0. The van der Waals surface area contributed by atoms with E-state index in [0.29, 0.717) is 0 Å². The first-order valence-corrected chi connectivity index (χ1v) is 5.96.